The first-order valence-corrected chi connectivity index (χ1v) is 13.8. The van der Waals surface area contributed by atoms with Crippen LogP contribution in [0.25, 0.3) is 0 Å². The van der Waals surface area contributed by atoms with Gasteiger partial charge in [-0.1, -0.05) is 12.5 Å². The van der Waals surface area contributed by atoms with E-state index in [1.54, 1.807) is 20.1 Å². The van der Waals surface area contributed by atoms with Gasteiger partial charge in [-0.25, -0.2) is 0 Å². The number of amides is 1. The van der Waals surface area contributed by atoms with Gasteiger partial charge in [-0.2, -0.15) is 13.2 Å². The number of likely N-dealkylation sites (tertiary alicyclic amines) is 1. The Morgan fingerprint density at radius 2 is 2.03 bits per heavy atom. The zero-order valence-electron chi connectivity index (χ0n) is 21.7. The van der Waals surface area contributed by atoms with Gasteiger partial charge in [0, 0.05) is 50.6 Å². The third-order valence-corrected chi connectivity index (χ3v) is 10.0. The molecule has 0 spiro atoms. The second-order valence-electron chi connectivity index (χ2n) is 11.9. The molecule has 5 fully saturated rings. The van der Waals surface area contributed by atoms with Crippen molar-refractivity contribution in [2.24, 2.45) is 11.3 Å². The predicted octanol–water partition coefficient (Wildman–Crippen LogP) is 4.15. The molecule has 1 aromatic carbocycles. The summed E-state index contributed by atoms with van der Waals surface area (Å²) < 4.78 is 51.7. The number of benzene rings is 1. The van der Waals surface area contributed by atoms with Gasteiger partial charge in [0.1, 0.15) is 0 Å². The fraction of sp³-hybridized carbons (Fsp3) is 0.750. The molecule has 5 aliphatic rings. The molecule has 2 aliphatic carbocycles. The minimum atomic E-state index is -4.36. The van der Waals surface area contributed by atoms with Gasteiger partial charge in [0.2, 0.25) is 5.91 Å². The average molecular weight is 522 g/mol. The zero-order valence-corrected chi connectivity index (χ0v) is 21.7. The van der Waals surface area contributed by atoms with Crippen LogP contribution in [-0.2, 0) is 20.4 Å². The molecule has 6 nitrogen and oxygen atoms in total. The fourth-order valence-corrected chi connectivity index (χ4v) is 8.29. The number of nitrogens with one attached hydrogen (secondary N) is 1. The number of alkyl halides is 3. The third-order valence-electron chi connectivity index (χ3n) is 10.0. The van der Waals surface area contributed by atoms with Gasteiger partial charge < -0.3 is 24.6 Å². The van der Waals surface area contributed by atoms with Gasteiger partial charge >= 0.3 is 6.18 Å². The number of halogens is 3. The van der Waals surface area contributed by atoms with Crippen molar-refractivity contribution >= 4 is 11.6 Å². The predicted molar refractivity (Wildman–Crippen MR) is 133 cm³/mol. The summed E-state index contributed by atoms with van der Waals surface area (Å²) in [5.74, 6) is 0.696. The Labute approximate surface area is 216 Å². The number of nitrogens with zero attached hydrogens (tertiary/aromatic N) is 2. The summed E-state index contributed by atoms with van der Waals surface area (Å²) in [4.78, 5) is 18.4. The lowest BCUT2D eigenvalue weighted by Crippen LogP contribution is -2.54. The van der Waals surface area contributed by atoms with E-state index in [2.05, 4.69) is 15.1 Å². The van der Waals surface area contributed by atoms with E-state index >= 15 is 0 Å². The van der Waals surface area contributed by atoms with Crippen LogP contribution in [0.1, 0.15) is 56.1 Å². The molecule has 2 bridgehead atoms. The normalized spacial score (nSPS) is 37.4. The monoisotopic (exact) mass is 521 g/mol. The van der Waals surface area contributed by atoms with Crippen molar-refractivity contribution in [3.8, 4) is 0 Å². The number of carbonyl (C=O) groups excluding carboxylic acids is 1. The van der Waals surface area contributed by atoms with E-state index in [0.717, 1.165) is 57.6 Å². The van der Waals surface area contributed by atoms with Gasteiger partial charge in [0.25, 0.3) is 0 Å². The number of piperazine rings is 1. The molecule has 37 heavy (non-hydrogen) atoms. The molecule has 7 atom stereocenters. The molecule has 204 valence electrons. The Balaban J connectivity index is 1.15. The molecule has 3 heterocycles. The smallest absolute Gasteiger partial charge is 0.379 e. The van der Waals surface area contributed by atoms with E-state index < -0.39 is 11.7 Å². The van der Waals surface area contributed by atoms with E-state index in [1.165, 1.54) is 6.07 Å². The molecule has 1 amide bonds. The lowest BCUT2D eigenvalue weighted by atomic mass is 9.78. The number of methoxy groups -OCH3 is 1. The van der Waals surface area contributed by atoms with Crippen LogP contribution in [0, 0.1) is 18.3 Å². The molecule has 9 heteroatoms. The van der Waals surface area contributed by atoms with Crippen molar-refractivity contribution in [1.29, 1.82) is 0 Å². The molecule has 0 aromatic heterocycles. The van der Waals surface area contributed by atoms with Gasteiger partial charge in [0.15, 0.2) is 0 Å². The van der Waals surface area contributed by atoms with E-state index in [-0.39, 0.29) is 35.2 Å². The Kier molecular flexibility index (Phi) is 6.47. The molecule has 1 N–H and O–H groups in total. The molecule has 3 aliphatic heterocycles. The minimum absolute atomic E-state index is 0.0421. The maximum atomic E-state index is 14.2. The highest BCUT2D eigenvalue weighted by Gasteiger charge is 2.59. The molecule has 2 saturated carbocycles. The summed E-state index contributed by atoms with van der Waals surface area (Å²) >= 11 is 0. The number of ether oxygens (including phenoxy) is 2. The highest BCUT2D eigenvalue weighted by Crippen LogP contribution is 2.56. The standard InChI is InChI=1S/C28H38F3N3O3/c1-17-22(28(29,30)31)6-3-7-24(17)33-14-21-12-20(33)15-34(21)26(35)27-9-4-5-18(27)11-19(13-27)32-23-8-10-37-16-25(23)36-2/h3,6-7,18-21,23,25,32H,4-5,8-16H2,1-2H3/t18-,19-,20+,21+,23+,25-,27-/m1/s1. The van der Waals surface area contributed by atoms with Crippen LogP contribution >= 0.6 is 0 Å². The summed E-state index contributed by atoms with van der Waals surface area (Å²) in [7, 11) is 1.73. The maximum absolute atomic E-state index is 14.2. The highest BCUT2D eigenvalue weighted by molar-refractivity contribution is 5.85. The fourth-order valence-electron chi connectivity index (χ4n) is 8.29. The summed E-state index contributed by atoms with van der Waals surface area (Å²) in [6.07, 6.45) is 2.47. The molecule has 0 unspecified atom stereocenters. The van der Waals surface area contributed by atoms with Crippen molar-refractivity contribution in [3.05, 3.63) is 29.3 Å². The minimum Gasteiger partial charge on any atom is -0.379 e. The first-order chi connectivity index (χ1) is 17.7. The highest BCUT2D eigenvalue weighted by atomic mass is 19.4. The van der Waals surface area contributed by atoms with Crippen LogP contribution in [0.4, 0.5) is 18.9 Å². The van der Waals surface area contributed by atoms with Crippen LogP contribution in [0.2, 0.25) is 0 Å². The van der Waals surface area contributed by atoms with Crippen LogP contribution in [-0.4, -0.2) is 74.5 Å². The maximum Gasteiger partial charge on any atom is 0.416 e. The Morgan fingerprint density at radius 1 is 1.19 bits per heavy atom. The van der Waals surface area contributed by atoms with E-state index in [9.17, 15) is 18.0 Å². The van der Waals surface area contributed by atoms with Crippen LogP contribution < -0.4 is 10.2 Å². The summed E-state index contributed by atoms with van der Waals surface area (Å²) in [5.41, 5.74) is 0.0631. The second-order valence-corrected chi connectivity index (χ2v) is 11.9. The molecular weight excluding hydrogens is 483 g/mol. The molecule has 6 rings (SSSR count). The van der Waals surface area contributed by atoms with Crippen molar-refractivity contribution in [2.45, 2.75) is 88.3 Å². The third kappa shape index (κ3) is 4.25. The topological polar surface area (TPSA) is 54.0 Å². The Bertz CT molecular complexity index is 1040. The average Bonchev–Trinajstić information content (AvgIpc) is 3.63. The summed E-state index contributed by atoms with van der Waals surface area (Å²) in [5, 5.41) is 3.83. The largest absolute Gasteiger partial charge is 0.416 e. The lowest BCUT2D eigenvalue weighted by Gasteiger charge is -2.41. The zero-order chi connectivity index (χ0) is 25.9. The lowest BCUT2D eigenvalue weighted by molar-refractivity contribution is -0.144. The summed E-state index contributed by atoms with van der Waals surface area (Å²) in [6.45, 7) is 4.12. The molecule has 0 radical (unpaired) electrons. The van der Waals surface area contributed by atoms with Gasteiger partial charge in [-0.3, -0.25) is 4.79 Å². The number of hydrogen-bond donors (Lipinski definition) is 1. The Morgan fingerprint density at radius 3 is 2.76 bits per heavy atom. The molecule has 1 aromatic rings. The van der Waals surface area contributed by atoms with Crippen molar-refractivity contribution in [2.75, 3.05) is 38.3 Å². The van der Waals surface area contributed by atoms with E-state index in [4.69, 9.17) is 9.47 Å². The van der Waals surface area contributed by atoms with Gasteiger partial charge in [-0.05, 0) is 69.1 Å². The first kappa shape index (κ1) is 25.4. The van der Waals surface area contributed by atoms with E-state index in [1.807, 2.05) is 0 Å². The SMILES string of the molecule is CO[C@@H]1COCC[C@@H]1N[C@@H]1C[C@H]2CCC[C@@]2(C(=O)N2C[C@@H]3C[C@H]2CN3c2cccc(C(F)(F)F)c2C)C1. The van der Waals surface area contributed by atoms with Gasteiger partial charge in [0.05, 0.1) is 29.7 Å². The van der Waals surface area contributed by atoms with Gasteiger partial charge in [-0.15, -0.1) is 0 Å². The molecule has 3 saturated heterocycles. The van der Waals surface area contributed by atoms with Crippen LogP contribution in [0.5, 0.6) is 0 Å². The molecular formula is C28H38F3N3O3. The Hall–Kier alpha value is -1.84. The van der Waals surface area contributed by atoms with Crippen LogP contribution in [0.15, 0.2) is 18.2 Å². The first-order valence-electron chi connectivity index (χ1n) is 13.8. The van der Waals surface area contributed by atoms with Crippen molar-refractivity contribution < 1.29 is 27.4 Å². The van der Waals surface area contributed by atoms with E-state index in [0.29, 0.717) is 43.3 Å². The number of anilines is 1. The quantitative estimate of drug-likeness (QED) is 0.631. The number of hydrogen-bond acceptors (Lipinski definition) is 5. The van der Waals surface area contributed by atoms with Crippen molar-refractivity contribution in [1.82, 2.24) is 10.2 Å². The van der Waals surface area contributed by atoms with Crippen molar-refractivity contribution in [3.63, 3.8) is 0 Å². The van der Waals surface area contributed by atoms with Crippen LogP contribution in [0.3, 0.4) is 0 Å². The number of rotatable bonds is 5. The number of fused-ring (bicyclic) bond motifs is 3. The number of carbonyl (C=O) groups is 1. The summed E-state index contributed by atoms with van der Waals surface area (Å²) in [6, 6.07) is 5.15. The second kappa shape index (κ2) is 9.42.